The molecule has 5 amide bonds. The molecule has 10 aromatic carbocycles. The molecule has 5 aliphatic rings. The minimum absolute atomic E-state index is 0.0611. The zero-order chi connectivity index (χ0) is 103. The molecule has 754 valence electrons. The summed E-state index contributed by atoms with van der Waals surface area (Å²) in [7, 11) is 2.93. The second-order valence-electron chi connectivity index (χ2n) is 34.2. The van der Waals surface area contributed by atoms with E-state index in [2.05, 4.69) is 32.9 Å². The van der Waals surface area contributed by atoms with Gasteiger partial charge in [0.25, 0.3) is 29.5 Å². The van der Waals surface area contributed by atoms with Crippen LogP contribution in [0.4, 0.5) is 4.39 Å². The number of phenols is 5. The van der Waals surface area contributed by atoms with Crippen molar-refractivity contribution in [3.8, 4) is 74.7 Å². The molecular weight excluding hydrogens is 1840 g/mol. The molecule has 5 heterocycles. The summed E-state index contributed by atoms with van der Waals surface area (Å²) in [6.07, 6.45) is 21.4. The monoisotopic (exact) mass is 1960 g/mol. The number of carbonyl (C=O) groups is 10. The van der Waals surface area contributed by atoms with Gasteiger partial charge in [0.05, 0.1) is 142 Å². The molecule has 0 aliphatic carbocycles. The lowest BCUT2D eigenvalue weighted by Crippen LogP contribution is -2.51. The molecule has 144 heavy (non-hydrogen) atoms. The number of aromatic hydroxyl groups is 5. The number of hydrogen-bond acceptors (Lipinski definition) is 24. The Balaban J connectivity index is 0.000000172. The maximum atomic E-state index is 13.9. The Morgan fingerprint density at radius 2 is 0.562 bits per heavy atom. The number of ether oxygens (including phenoxy) is 9. The number of benzene rings is 10. The van der Waals surface area contributed by atoms with Gasteiger partial charge in [-0.1, -0.05) is 130 Å². The van der Waals surface area contributed by atoms with Gasteiger partial charge in [0.1, 0.15) is 114 Å². The van der Waals surface area contributed by atoms with Crippen LogP contribution >= 0.6 is 0 Å². The lowest BCUT2D eigenvalue weighted by molar-refractivity contribution is -0.0151. The fraction of sp³-hybridized carbons (Fsp3) is 0.298. The van der Waals surface area contributed by atoms with E-state index in [0.717, 1.165) is 95.0 Å². The number of likely N-dealkylation sites (tertiary alicyclic amines) is 4. The molecule has 5 fully saturated rings. The number of aldehydes is 5. The minimum atomic E-state index is -0.707. The first-order valence-corrected chi connectivity index (χ1v) is 47.7. The number of morpholine rings is 1. The van der Waals surface area contributed by atoms with Crippen LogP contribution in [0.5, 0.6) is 74.7 Å². The van der Waals surface area contributed by atoms with Gasteiger partial charge in [-0.25, -0.2) is 4.39 Å². The maximum Gasteiger partial charge on any atom is 0.255 e. The van der Waals surface area contributed by atoms with Crippen molar-refractivity contribution in [1.29, 1.82) is 0 Å². The highest BCUT2D eigenvalue weighted by molar-refractivity contribution is 6.06. The number of amides is 5. The van der Waals surface area contributed by atoms with E-state index in [-0.39, 0.29) is 148 Å². The van der Waals surface area contributed by atoms with E-state index < -0.39 is 5.82 Å². The van der Waals surface area contributed by atoms with Crippen LogP contribution in [-0.2, 0) is 4.74 Å². The Kier molecular flexibility index (Phi) is 40.6. The van der Waals surface area contributed by atoms with Crippen LogP contribution < -0.4 is 37.9 Å². The molecule has 5 saturated heterocycles. The van der Waals surface area contributed by atoms with Crippen molar-refractivity contribution < 1.29 is 121 Å². The molecule has 5 aliphatic heterocycles. The van der Waals surface area contributed by atoms with Crippen molar-refractivity contribution in [2.24, 2.45) is 0 Å². The summed E-state index contributed by atoms with van der Waals surface area (Å²) in [4.78, 5) is 132. The second kappa shape index (κ2) is 54.0. The fourth-order valence-corrected chi connectivity index (χ4v) is 17.9. The number of halogens is 1. The van der Waals surface area contributed by atoms with Gasteiger partial charge in [0, 0.05) is 38.3 Å². The predicted molar refractivity (Wildman–Crippen MR) is 547 cm³/mol. The lowest BCUT2D eigenvalue weighted by Gasteiger charge is -2.36. The van der Waals surface area contributed by atoms with Gasteiger partial charge in [-0.2, -0.15) is 0 Å². The van der Waals surface area contributed by atoms with Crippen LogP contribution in [0.1, 0.15) is 221 Å². The Morgan fingerprint density at radius 3 is 0.847 bits per heavy atom. The number of carbonyl (C=O) groups excluding carboxylic acids is 10. The van der Waals surface area contributed by atoms with Crippen molar-refractivity contribution in [2.45, 2.75) is 121 Å². The van der Waals surface area contributed by atoms with E-state index >= 15 is 0 Å². The van der Waals surface area contributed by atoms with E-state index in [1.165, 1.54) is 38.5 Å². The highest BCUT2D eigenvalue weighted by Gasteiger charge is 2.37. The predicted octanol–water partition coefficient (Wildman–Crippen LogP) is 19.3. The largest absolute Gasteiger partial charge is 0.507 e. The van der Waals surface area contributed by atoms with Gasteiger partial charge in [-0.15, -0.1) is 0 Å². The first kappa shape index (κ1) is 108. The topological polar surface area (TPSA) is 371 Å². The fourth-order valence-electron chi connectivity index (χ4n) is 17.9. The molecular formula is C114H122FN5O24. The van der Waals surface area contributed by atoms with Gasteiger partial charge in [-0.3, -0.25) is 47.9 Å². The first-order valence-electron chi connectivity index (χ1n) is 47.7. The van der Waals surface area contributed by atoms with Crippen molar-refractivity contribution in [2.75, 3.05) is 99.8 Å². The molecule has 0 saturated carbocycles. The van der Waals surface area contributed by atoms with E-state index in [1.807, 2.05) is 24.8 Å². The Labute approximate surface area is 837 Å². The minimum Gasteiger partial charge on any atom is -0.507 e. The number of aryl methyl sites for hydroxylation is 1. The lowest BCUT2D eigenvalue weighted by atomic mass is 9.98. The van der Waals surface area contributed by atoms with Crippen molar-refractivity contribution in [1.82, 2.24) is 24.5 Å². The van der Waals surface area contributed by atoms with Crippen LogP contribution in [0.15, 0.2) is 215 Å². The molecule has 0 radical (unpaired) electrons. The summed E-state index contributed by atoms with van der Waals surface area (Å²) in [5, 5.41) is 49.8. The zero-order valence-electron chi connectivity index (χ0n) is 81.3. The standard InChI is InChI=1S/C24H27NO5.C23H25NO5.C23H25NO4.C22H22FNO4.C22H23NO6/c1-3-18-21(27)11-8-13-22(18)30-16-17-9-5-6-14-25(17)24(28)19-10-7-12-23(29-4-2)20(19)15-26;1-3-17-20(26)10-7-12-22(17)29-15-16-8-4-5-13-24(16)23(27)18-9-6-11-21(28-2)19(18)14-25;1-3-18-21(26)11-7-12-22(18)28-15-17-9-4-5-13-24(17)23(27)19-10-6-8-16(2)20(19)14-25;1-2-16-20(26)10-6-11-21(16)28-14-15-7-3-4-12-24(15)22(27)17-8-5-9-19(23)18(17)13-25;1-3-16-19(25)7-5-9-21(16)29-14-15-13-28-11-10-23(15)22(26)17-6-4-8-20(27-2)18(17)12-24/h3,7-8,10-13,15,17,27H,1,4-6,9,14,16H2,2H3;3,6-7,9-12,14,16,26H,1,4-5,8,13,15H2,2H3;3,6-8,10-12,14,17,26H,1,4-5,9,13,15H2,2H3;2,5-6,8-11,13,15,26H,1,3-4,7,12,14H2;3-9,12,15,25H,1,10-11,13-14H2,2H3/t17-;16-;17-;2*15-/m11100/s1. The highest BCUT2D eigenvalue weighted by atomic mass is 19.1. The van der Waals surface area contributed by atoms with Gasteiger partial charge in [-0.05, 0) is 212 Å². The third-order valence-corrected chi connectivity index (χ3v) is 25.5. The number of phenolic OH excluding ortho intramolecular Hbond substituents is 5. The zero-order valence-corrected chi connectivity index (χ0v) is 81.3. The van der Waals surface area contributed by atoms with Crippen molar-refractivity contribution >= 4 is 91.3 Å². The Morgan fingerprint density at radius 1 is 0.319 bits per heavy atom. The average molecular weight is 1970 g/mol. The molecule has 15 rings (SSSR count). The summed E-state index contributed by atoms with van der Waals surface area (Å²) in [6.45, 7) is 27.3. The van der Waals surface area contributed by atoms with Gasteiger partial charge < -0.3 is 92.7 Å². The van der Waals surface area contributed by atoms with E-state index in [1.54, 1.807) is 196 Å². The number of piperidine rings is 4. The average Bonchev–Trinajstić information content (AvgIpc) is 0.815. The van der Waals surface area contributed by atoms with E-state index in [4.69, 9.17) is 42.6 Å². The molecule has 29 nitrogen and oxygen atoms in total. The first-order chi connectivity index (χ1) is 69.9. The van der Waals surface area contributed by atoms with Crippen LogP contribution in [0.2, 0.25) is 0 Å². The third-order valence-electron chi connectivity index (χ3n) is 25.5. The summed E-state index contributed by atoms with van der Waals surface area (Å²) in [5.41, 5.74) is 5.77. The van der Waals surface area contributed by atoms with E-state index in [9.17, 15) is 77.9 Å². The molecule has 0 spiro atoms. The number of nitrogens with zero attached hydrogens (tertiary/aromatic N) is 5. The molecule has 5 atom stereocenters. The van der Waals surface area contributed by atoms with E-state index in [0.29, 0.717) is 180 Å². The molecule has 0 bridgehead atoms. The van der Waals surface area contributed by atoms with Crippen molar-refractivity contribution in [3.63, 3.8) is 0 Å². The molecule has 10 aromatic rings. The van der Waals surface area contributed by atoms with Crippen LogP contribution in [-0.4, -0.2) is 241 Å². The second-order valence-corrected chi connectivity index (χ2v) is 34.2. The Hall–Kier alpha value is -16.1. The highest BCUT2D eigenvalue weighted by Crippen LogP contribution is 2.38. The summed E-state index contributed by atoms with van der Waals surface area (Å²) >= 11 is 0. The maximum absolute atomic E-state index is 13.9. The smallest absolute Gasteiger partial charge is 0.255 e. The third kappa shape index (κ3) is 26.8. The van der Waals surface area contributed by atoms with Crippen molar-refractivity contribution in [3.05, 3.63) is 310 Å². The van der Waals surface area contributed by atoms with Crippen LogP contribution in [0.25, 0.3) is 30.4 Å². The number of hydrogen-bond donors (Lipinski definition) is 5. The quantitative estimate of drug-likeness (QED) is 0.0234. The molecule has 0 unspecified atom stereocenters. The Bertz CT molecular complexity index is 5960. The number of rotatable bonds is 34. The molecule has 30 heteroatoms. The molecule has 5 N–H and O–H groups in total. The van der Waals surface area contributed by atoms with Gasteiger partial charge in [0.15, 0.2) is 31.4 Å². The summed E-state index contributed by atoms with van der Waals surface area (Å²) < 4.78 is 65.0. The number of methoxy groups -OCH3 is 2. The van der Waals surface area contributed by atoms with Crippen LogP contribution in [0.3, 0.4) is 0 Å². The summed E-state index contributed by atoms with van der Waals surface area (Å²) in [6, 6.07) is 48.5. The van der Waals surface area contributed by atoms with Gasteiger partial charge in [0.2, 0.25) is 0 Å². The molecule has 0 aromatic heterocycles. The summed E-state index contributed by atoms with van der Waals surface area (Å²) in [5.74, 6) is 2.19. The van der Waals surface area contributed by atoms with Crippen LogP contribution in [0, 0.1) is 12.7 Å². The van der Waals surface area contributed by atoms with Gasteiger partial charge >= 0.3 is 0 Å². The SMILES string of the molecule is C=Cc1c(O)cccc1OC[C@@H]1CCCCN1C(=O)c1cccc(F)c1C=O.C=Cc1c(O)cccc1OC[C@@H]1COCCN1C(=O)c1cccc(OC)c1C=O.C=Cc1c(O)cccc1OC[C@H]1CCCCN1C(=O)c1cccc(C)c1C=O.C=Cc1c(O)cccc1OC[C@H]1CCCCN1C(=O)c1cccc(OC)c1C=O.C=Cc1c(O)cccc1OC[C@H]1CCCCN1C(=O)c1cccc(OCC)c1C=O. The normalized spacial score (nSPS) is 16.3.